The average molecular weight is 422 g/mol. The fourth-order valence-electron chi connectivity index (χ4n) is 3.38. The van der Waals surface area contributed by atoms with Crippen LogP contribution in [0.4, 0.5) is 11.6 Å². The Kier molecular flexibility index (Phi) is 5.86. The highest BCUT2D eigenvalue weighted by Crippen LogP contribution is 2.31. The third-order valence-electron chi connectivity index (χ3n) is 4.89. The number of anilines is 2. The summed E-state index contributed by atoms with van der Waals surface area (Å²) in [5, 5.41) is 13.0. The van der Waals surface area contributed by atoms with Gasteiger partial charge in [-0.2, -0.15) is 15.2 Å². The van der Waals surface area contributed by atoms with E-state index in [2.05, 4.69) is 26.3 Å². The third kappa shape index (κ3) is 4.08. The summed E-state index contributed by atoms with van der Waals surface area (Å²) in [6, 6.07) is 7.26. The number of morpholine rings is 1. The van der Waals surface area contributed by atoms with Gasteiger partial charge in [0, 0.05) is 24.8 Å². The molecule has 1 amide bonds. The molecule has 0 radical (unpaired) electrons. The van der Waals surface area contributed by atoms with Crippen LogP contribution in [0.5, 0.6) is 11.6 Å². The number of nitriles is 1. The van der Waals surface area contributed by atoms with Crippen LogP contribution in [0.2, 0.25) is 0 Å². The number of methoxy groups -OCH3 is 1. The van der Waals surface area contributed by atoms with Gasteiger partial charge in [0.1, 0.15) is 17.5 Å². The lowest BCUT2D eigenvalue weighted by atomic mass is 10.1. The smallest absolute Gasteiger partial charge is 0.254 e. The number of hydrogen-bond acceptors (Lipinski definition) is 8. The molecule has 160 valence electrons. The van der Waals surface area contributed by atoms with Gasteiger partial charge in [-0.15, -0.1) is 0 Å². The monoisotopic (exact) mass is 422 g/mol. The Morgan fingerprint density at radius 1 is 1.35 bits per heavy atom. The topological polar surface area (TPSA) is 125 Å². The van der Waals surface area contributed by atoms with Gasteiger partial charge in [-0.1, -0.05) is 0 Å². The first-order valence-electron chi connectivity index (χ1n) is 9.88. The molecule has 31 heavy (non-hydrogen) atoms. The van der Waals surface area contributed by atoms with Gasteiger partial charge in [-0.05, 0) is 25.1 Å². The molecule has 1 aromatic carbocycles. The van der Waals surface area contributed by atoms with E-state index in [1.165, 1.54) is 7.11 Å². The molecule has 10 nitrogen and oxygen atoms in total. The fraction of sp³-hybridized carbons (Fsp3) is 0.333. The van der Waals surface area contributed by atoms with Gasteiger partial charge in [-0.25, -0.2) is 0 Å². The normalized spacial score (nSPS) is 13.6. The number of fused-ring (bicyclic) bond motifs is 1. The van der Waals surface area contributed by atoms with Crippen LogP contribution in [0, 0.1) is 11.3 Å². The van der Waals surface area contributed by atoms with Gasteiger partial charge in [0.05, 0.1) is 43.6 Å². The van der Waals surface area contributed by atoms with Gasteiger partial charge in [0.15, 0.2) is 0 Å². The number of rotatable bonds is 6. The number of amides is 1. The second kappa shape index (κ2) is 8.89. The molecular weight excluding hydrogens is 400 g/mol. The van der Waals surface area contributed by atoms with Crippen molar-refractivity contribution in [1.82, 2.24) is 19.9 Å². The van der Waals surface area contributed by atoms with Crippen LogP contribution in [0.1, 0.15) is 22.8 Å². The van der Waals surface area contributed by atoms with Crippen molar-refractivity contribution in [1.29, 1.82) is 5.26 Å². The van der Waals surface area contributed by atoms with Gasteiger partial charge in [0.2, 0.25) is 11.8 Å². The summed E-state index contributed by atoms with van der Waals surface area (Å²) in [5.74, 6) is 0.989. The van der Waals surface area contributed by atoms with E-state index in [1.807, 2.05) is 6.92 Å². The van der Waals surface area contributed by atoms with Crippen LogP contribution in [-0.2, 0) is 4.74 Å². The molecule has 10 heteroatoms. The zero-order chi connectivity index (χ0) is 21.8. The van der Waals surface area contributed by atoms with Crippen molar-refractivity contribution in [2.75, 3.05) is 45.3 Å². The zero-order valence-corrected chi connectivity index (χ0v) is 17.3. The first kappa shape index (κ1) is 20.4. The Balaban J connectivity index is 1.63. The van der Waals surface area contributed by atoms with Crippen molar-refractivity contribution in [2.45, 2.75) is 6.92 Å². The van der Waals surface area contributed by atoms with Crippen molar-refractivity contribution >= 4 is 28.6 Å². The lowest BCUT2D eigenvalue weighted by Gasteiger charge is -2.27. The molecule has 3 aromatic rings. The van der Waals surface area contributed by atoms with E-state index in [1.54, 1.807) is 29.3 Å². The fourth-order valence-corrected chi connectivity index (χ4v) is 3.38. The summed E-state index contributed by atoms with van der Waals surface area (Å²) in [6.07, 6.45) is 1.57. The number of carbonyl (C=O) groups excluding carboxylic acids is 1. The molecule has 2 aromatic heterocycles. The Bertz CT molecular complexity index is 1150. The van der Waals surface area contributed by atoms with Crippen molar-refractivity contribution in [3.05, 3.63) is 35.5 Å². The predicted molar refractivity (Wildman–Crippen MR) is 113 cm³/mol. The first-order valence-corrected chi connectivity index (χ1v) is 9.88. The van der Waals surface area contributed by atoms with Crippen LogP contribution in [0.15, 0.2) is 24.4 Å². The van der Waals surface area contributed by atoms with E-state index < -0.39 is 0 Å². The van der Waals surface area contributed by atoms with Crippen molar-refractivity contribution in [2.24, 2.45) is 0 Å². The van der Waals surface area contributed by atoms with Gasteiger partial charge in [-0.3, -0.25) is 4.79 Å². The highest BCUT2D eigenvalue weighted by molar-refractivity contribution is 5.95. The molecule has 0 bridgehead atoms. The van der Waals surface area contributed by atoms with E-state index in [9.17, 15) is 10.1 Å². The Morgan fingerprint density at radius 3 is 2.87 bits per heavy atom. The number of nitrogens with zero attached hydrogens (tertiary/aromatic N) is 4. The Morgan fingerprint density at radius 2 is 2.16 bits per heavy atom. The second-order valence-electron chi connectivity index (χ2n) is 6.77. The predicted octanol–water partition coefficient (Wildman–Crippen LogP) is 2.45. The molecule has 0 aliphatic carbocycles. The zero-order valence-electron chi connectivity index (χ0n) is 17.3. The minimum Gasteiger partial charge on any atom is -0.495 e. The standard InChI is InChI=1S/C21H22N6O4/c1-3-31-19-17-14(11-22)12-23-18(17)25-21(26-19)24-15-5-4-13(10-16(15)29-2)20(28)27-6-8-30-9-7-27/h4-5,10,12H,3,6-9H2,1-2H3,(H2,23,24,25,26). The highest BCUT2D eigenvalue weighted by Gasteiger charge is 2.20. The molecule has 0 spiro atoms. The van der Waals surface area contributed by atoms with Crippen molar-refractivity contribution in [3.63, 3.8) is 0 Å². The summed E-state index contributed by atoms with van der Waals surface area (Å²) in [7, 11) is 1.53. The number of benzene rings is 1. The molecule has 2 N–H and O–H groups in total. The van der Waals surface area contributed by atoms with Crippen LogP contribution < -0.4 is 14.8 Å². The number of H-pyrrole nitrogens is 1. The summed E-state index contributed by atoms with van der Waals surface area (Å²) in [4.78, 5) is 26.3. The molecule has 0 unspecified atom stereocenters. The number of hydrogen-bond donors (Lipinski definition) is 2. The minimum absolute atomic E-state index is 0.0696. The number of carbonyl (C=O) groups is 1. The summed E-state index contributed by atoms with van der Waals surface area (Å²) in [6.45, 7) is 4.44. The number of ether oxygens (including phenoxy) is 3. The summed E-state index contributed by atoms with van der Waals surface area (Å²) < 4.78 is 16.4. The van der Waals surface area contributed by atoms with Gasteiger partial charge in [0.25, 0.3) is 5.91 Å². The molecule has 0 atom stereocenters. The maximum atomic E-state index is 12.8. The molecule has 1 aliphatic heterocycles. The minimum atomic E-state index is -0.0696. The molecular formula is C21H22N6O4. The highest BCUT2D eigenvalue weighted by atomic mass is 16.5. The van der Waals surface area contributed by atoms with Crippen LogP contribution in [-0.4, -0.2) is 65.8 Å². The average Bonchev–Trinajstić information content (AvgIpc) is 3.23. The molecule has 0 saturated carbocycles. The van der Waals surface area contributed by atoms with Gasteiger partial charge < -0.3 is 29.4 Å². The molecule has 3 heterocycles. The largest absolute Gasteiger partial charge is 0.495 e. The number of aromatic amines is 1. The molecule has 1 fully saturated rings. The number of nitrogens with one attached hydrogen (secondary N) is 2. The summed E-state index contributed by atoms with van der Waals surface area (Å²) in [5.41, 5.74) is 2.01. The molecule has 1 saturated heterocycles. The lowest BCUT2D eigenvalue weighted by molar-refractivity contribution is 0.0302. The SMILES string of the molecule is CCOc1nc(Nc2ccc(C(=O)N3CCOCC3)cc2OC)nc2[nH]cc(C#N)c12. The number of aromatic nitrogens is 3. The van der Waals surface area contributed by atoms with Crippen LogP contribution in [0.3, 0.4) is 0 Å². The Labute approximate surface area is 178 Å². The first-order chi connectivity index (χ1) is 15.1. The maximum Gasteiger partial charge on any atom is 0.254 e. The van der Waals surface area contributed by atoms with E-state index in [4.69, 9.17) is 14.2 Å². The Hall–Kier alpha value is -3.84. The van der Waals surface area contributed by atoms with Crippen LogP contribution in [0.25, 0.3) is 11.0 Å². The van der Waals surface area contributed by atoms with Crippen LogP contribution >= 0.6 is 0 Å². The second-order valence-corrected chi connectivity index (χ2v) is 6.77. The molecule has 1 aliphatic rings. The van der Waals surface area contributed by atoms with Crippen molar-refractivity contribution < 1.29 is 19.0 Å². The van der Waals surface area contributed by atoms with Crippen molar-refractivity contribution in [3.8, 4) is 17.7 Å². The molecule has 4 rings (SSSR count). The van der Waals surface area contributed by atoms with E-state index in [0.717, 1.165) is 0 Å². The summed E-state index contributed by atoms with van der Waals surface area (Å²) >= 11 is 0. The maximum absolute atomic E-state index is 12.8. The quantitative estimate of drug-likeness (QED) is 0.620. The van der Waals surface area contributed by atoms with Gasteiger partial charge >= 0.3 is 0 Å². The van der Waals surface area contributed by atoms with E-state index >= 15 is 0 Å². The lowest BCUT2D eigenvalue weighted by Crippen LogP contribution is -2.40. The van der Waals surface area contributed by atoms with E-state index in [0.29, 0.717) is 72.4 Å². The van der Waals surface area contributed by atoms with E-state index in [-0.39, 0.29) is 11.9 Å². The third-order valence-corrected chi connectivity index (χ3v) is 4.89.